The maximum absolute atomic E-state index is 10.9. The molecule has 0 saturated carbocycles. The molecular formula is C22H28O2. The van der Waals surface area contributed by atoms with Crippen molar-refractivity contribution in [3.05, 3.63) is 58.7 Å². The first-order valence-corrected chi connectivity index (χ1v) is 8.74. The summed E-state index contributed by atoms with van der Waals surface area (Å²) in [4.78, 5) is 0. The van der Waals surface area contributed by atoms with Crippen molar-refractivity contribution in [3.63, 3.8) is 0 Å². The van der Waals surface area contributed by atoms with E-state index in [1.165, 1.54) is 16.7 Å². The minimum absolute atomic E-state index is 0.0467. The molecule has 0 amide bonds. The van der Waals surface area contributed by atoms with Crippen LogP contribution in [0.4, 0.5) is 0 Å². The van der Waals surface area contributed by atoms with Gasteiger partial charge in [0.2, 0.25) is 0 Å². The zero-order chi connectivity index (χ0) is 17.5. The Labute approximate surface area is 145 Å². The van der Waals surface area contributed by atoms with Gasteiger partial charge >= 0.3 is 0 Å². The third kappa shape index (κ3) is 2.79. The van der Waals surface area contributed by atoms with Gasteiger partial charge in [-0.05, 0) is 52.8 Å². The van der Waals surface area contributed by atoms with Crippen molar-refractivity contribution < 1.29 is 9.84 Å². The van der Waals surface area contributed by atoms with Gasteiger partial charge in [0.25, 0.3) is 0 Å². The van der Waals surface area contributed by atoms with Crippen LogP contribution in [0.15, 0.2) is 36.4 Å². The van der Waals surface area contributed by atoms with Crippen molar-refractivity contribution >= 4 is 0 Å². The van der Waals surface area contributed by atoms with E-state index >= 15 is 0 Å². The van der Waals surface area contributed by atoms with Gasteiger partial charge < -0.3 is 9.84 Å². The number of aromatic hydroxyl groups is 1. The molecule has 0 atom stereocenters. The molecule has 0 heterocycles. The molecule has 0 aliphatic heterocycles. The van der Waals surface area contributed by atoms with Gasteiger partial charge in [0.1, 0.15) is 0 Å². The Bertz CT molecular complexity index is 742. The van der Waals surface area contributed by atoms with Gasteiger partial charge in [0.05, 0.1) is 7.11 Å². The first kappa shape index (κ1) is 16.9. The van der Waals surface area contributed by atoms with Gasteiger partial charge in [-0.15, -0.1) is 0 Å². The lowest BCUT2D eigenvalue weighted by molar-refractivity contribution is 0.304. The highest BCUT2D eigenvalue weighted by molar-refractivity contribution is 5.60. The molecular weight excluding hydrogens is 296 g/mol. The molecule has 0 spiro atoms. The monoisotopic (exact) mass is 324 g/mol. The lowest BCUT2D eigenvalue weighted by atomic mass is 9.61. The Morgan fingerprint density at radius 3 is 2.12 bits per heavy atom. The normalized spacial score (nSPS) is 18.0. The highest BCUT2D eigenvalue weighted by Gasteiger charge is 2.41. The van der Waals surface area contributed by atoms with Crippen LogP contribution >= 0.6 is 0 Å². The third-order valence-corrected chi connectivity index (χ3v) is 5.53. The van der Waals surface area contributed by atoms with Crippen molar-refractivity contribution in [3.8, 4) is 11.5 Å². The van der Waals surface area contributed by atoms with Gasteiger partial charge in [0, 0.05) is 5.56 Å². The summed E-state index contributed by atoms with van der Waals surface area (Å²) >= 11 is 0. The second-order valence-electron chi connectivity index (χ2n) is 8.27. The molecule has 0 unspecified atom stereocenters. The topological polar surface area (TPSA) is 29.5 Å². The highest BCUT2D eigenvalue weighted by Crippen LogP contribution is 2.53. The van der Waals surface area contributed by atoms with Crippen molar-refractivity contribution in [1.29, 1.82) is 0 Å². The number of phenolic OH excluding ortho intramolecular Hbond substituents is 1. The van der Waals surface area contributed by atoms with Gasteiger partial charge in [-0.25, -0.2) is 0 Å². The van der Waals surface area contributed by atoms with E-state index in [4.69, 9.17) is 4.74 Å². The summed E-state index contributed by atoms with van der Waals surface area (Å²) in [7, 11) is 1.63. The Hall–Kier alpha value is -1.96. The van der Waals surface area contributed by atoms with E-state index in [1.807, 2.05) is 12.1 Å². The predicted molar refractivity (Wildman–Crippen MR) is 99.2 cm³/mol. The van der Waals surface area contributed by atoms with Gasteiger partial charge in [-0.1, -0.05) is 58.0 Å². The smallest absolute Gasteiger partial charge is 0.161 e. The molecule has 0 fully saturated rings. The summed E-state index contributed by atoms with van der Waals surface area (Å²) in [6, 6.07) is 12.6. The Balaban J connectivity index is 2.26. The number of ether oxygens (including phenoxy) is 1. The molecule has 0 saturated heterocycles. The van der Waals surface area contributed by atoms with E-state index in [1.54, 1.807) is 7.11 Å². The molecule has 0 bridgehead atoms. The predicted octanol–water partition coefficient (Wildman–Crippen LogP) is 5.34. The molecule has 2 aromatic rings. The van der Waals surface area contributed by atoms with E-state index in [9.17, 15) is 5.11 Å². The molecule has 24 heavy (non-hydrogen) atoms. The Kier molecular flexibility index (Phi) is 4.11. The maximum atomic E-state index is 10.9. The number of methoxy groups -OCH3 is 1. The summed E-state index contributed by atoms with van der Waals surface area (Å²) < 4.78 is 5.50. The van der Waals surface area contributed by atoms with Gasteiger partial charge in [-0.2, -0.15) is 0 Å². The number of rotatable bonds is 3. The average Bonchev–Trinajstić information content (AvgIpc) is 2.54. The minimum Gasteiger partial charge on any atom is -0.504 e. The Morgan fingerprint density at radius 1 is 0.958 bits per heavy atom. The summed E-state index contributed by atoms with van der Waals surface area (Å²) in [5, 5.41) is 10.9. The van der Waals surface area contributed by atoms with Crippen LogP contribution in [0.25, 0.3) is 0 Å². The van der Waals surface area contributed by atoms with Crippen molar-refractivity contribution in [1.82, 2.24) is 0 Å². The first-order valence-electron chi connectivity index (χ1n) is 8.74. The summed E-state index contributed by atoms with van der Waals surface area (Å²) in [6.07, 6.45) is 3.05. The van der Waals surface area contributed by atoms with E-state index in [0.29, 0.717) is 11.5 Å². The summed E-state index contributed by atoms with van der Waals surface area (Å²) in [6.45, 7) is 9.04. The van der Waals surface area contributed by atoms with E-state index in [0.717, 1.165) is 24.8 Å². The first-order chi connectivity index (χ1) is 11.3. The van der Waals surface area contributed by atoms with Crippen LogP contribution in [0, 0.1) is 0 Å². The van der Waals surface area contributed by atoms with Crippen molar-refractivity contribution in [2.45, 2.75) is 57.8 Å². The van der Waals surface area contributed by atoms with E-state index in [2.05, 4.69) is 52.0 Å². The second kappa shape index (κ2) is 5.84. The largest absolute Gasteiger partial charge is 0.504 e. The zero-order valence-electron chi connectivity index (χ0n) is 15.4. The maximum Gasteiger partial charge on any atom is 0.161 e. The van der Waals surface area contributed by atoms with Crippen LogP contribution in [-0.4, -0.2) is 12.2 Å². The molecule has 128 valence electrons. The van der Waals surface area contributed by atoms with Gasteiger partial charge in [0.15, 0.2) is 11.5 Å². The quantitative estimate of drug-likeness (QED) is 0.825. The van der Waals surface area contributed by atoms with Crippen LogP contribution in [0.2, 0.25) is 0 Å². The van der Waals surface area contributed by atoms with Crippen LogP contribution in [0.3, 0.4) is 0 Å². The number of fused-ring (bicyclic) bond motifs is 1. The van der Waals surface area contributed by atoms with Crippen LogP contribution in [0.1, 0.15) is 62.8 Å². The fourth-order valence-corrected chi connectivity index (χ4v) is 4.12. The number of hydrogen-bond donors (Lipinski definition) is 1. The molecule has 0 aromatic heterocycles. The standard InChI is InChI=1S/C22H28O2/c1-21(2)11-12-22(3,4)19-18(21)16(14-17(24-5)20(19)23)13-15-9-7-6-8-10-15/h6-10,14,23H,11-13H2,1-5H3. The lowest BCUT2D eigenvalue weighted by Gasteiger charge is -2.43. The molecule has 1 N–H and O–H groups in total. The van der Waals surface area contributed by atoms with Crippen molar-refractivity contribution in [2.75, 3.05) is 7.11 Å². The summed E-state index contributed by atoms with van der Waals surface area (Å²) in [5.74, 6) is 0.910. The fourth-order valence-electron chi connectivity index (χ4n) is 4.12. The molecule has 3 rings (SSSR count). The number of benzene rings is 2. The molecule has 2 heteroatoms. The molecule has 0 radical (unpaired) electrons. The molecule has 2 aromatic carbocycles. The lowest BCUT2D eigenvalue weighted by Crippen LogP contribution is -2.35. The summed E-state index contributed by atoms with van der Waals surface area (Å²) in [5.41, 5.74) is 4.94. The van der Waals surface area contributed by atoms with Gasteiger partial charge in [-0.3, -0.25) is 0 Å². The highest BCUT2D eigenvalue weighted by atomic mass is 16.5. The van der Waals surface area contributed by atoms with E-state index in [-0.39, 0.29) is 10.8 Å². The Morgan fingerprint density at radius 2 is 1.54 bits per heavy atom. The zero-order valence-corrected chi connectivity index (χ0v) is 15.4. The van der Waals surface area contributed by atoms with Crippen molar-refractivity contribution in [2.24, 2.45) is 0 Å². The average molecular weight is 324 g/mol. The molecule has 1 aliphatic carbocycles. The van der Waals surface area contributed by atoms with Crippen LogP contribution < -0.4 is 4.74 Å². The number of hydrogen-bond acceptors (Lipinski definition) is 2. The third-order valence-electron chi connectivity index (χ3n) is 5.53. The minimum atomic E-state index is -0.0467. The molecule has 2 nitrogen and oxygen atoms in total. The number of phenols is 1. The van der Waals surface area contributed by atoms with Crippen LogP contribution in [0.5, 0.6) is 11.5 Å². The van der Waals surface area contributed by atoms with E-state index < -0.39 is 0 Å². The van der Waals surface area contributed by atoms with Crippen LogP contribution in [-0.2, 0) is 17.3 Å². The SMILES string of the molecule is COc1cc(Cc2ccccc2)c2c(c1O)C(C)(C)CCC2(C)C. The second-order valence-corrected chi connectivity index (χ2v) is 8.27. The fraction of sp³-hybridized carbons (Fsp3) is 0.455. The molecule has 1 aliphatic rings.